The summed E-state index contributed by atoms with van der Waals surface area (Å²) in [5.41, 5.74) is 0.960. The highest BCUT2D eigenvalue weighted by molar-refractivity contribution is 5.94. The number of amides is 1. The molecule has 1 N–H and O–H groups in total. The van der Waals surface area contributed by atoms with Gasteiger partial charge in [0.2, 0.25) is 0 Å². The van der Waals surface area contributed by atoms with Crippen LogP contribution in [0.3, 0.4) is 0 Å². The van der Waals surface area contributed by atoms with Gasteiger partial charge in [-0.15, -0.1) is 0 Å². The van der Waals surface area contributed by atoms with Crippen molar-refractivity contribution in [1.82, 2.24) is 15.1 Å². The maximum Gasteiger partial charge on any atom is 0.416 e. The molecule has 0 saturated carbocycles. The van der Waals surface area contributed by atoms with Gasteiger partial charge in [0, 0.05) is 18.2 Å². The molecule has 4 nitrogen and oxygen atoms in total. The SMILES string of the molecule is O=C(NCCCN1CCC(N2CCCCC2)CC1)c1ccc(-c2cccc(C(F)(F)F)c2)cc1. The quantitative estimate of drug-likeness (QED) is 0.544. The van der Waals surface area contributed by atoms with Crippen LogP contribution in [0.15, 0.2) is 48.5 Å². The third kappa shape index (κ3) is 6.60. The highest BCUT2D eigenvalue weighted by Gasteiger charge is 2.30. The van der Waals surface area contributed by atoms with Crippen molar-refractivity contribution in [1.29, 1.82) is 0 Å². The Morgan fingerprint density at radius 1 is 0.912 bits per heavy atom. The predicted molar refractivity (Wildman–Crippen MR) is 129 cm³/mol. The van der Waals surface area contributed by atoms with Crippen molar-refractivity contribution in [3.05, 3.63) is 59.7 Å². The Labute approximate surface area is 200 Å². The third-order valence-corrected chi connectivity index (χ3v) is 7.07. The molecule has 2 saturated heterocycles. The fourth-order valence-corrected chi connectivity index (χ4v) is 5.09. The molecule has 0 aliphatic carbocycles. The number of likely N-dealkylation sites (tertiary alicyclic amines) is 2. The molecule has 4 rings (SSSR count). The van der Waals surface area contributed by atoms with Gasteiger partial charge in [0.05, 0.1) is 5.56 Å². The van der Waals surface area contributed by atoms with Gasteiger partial charge < -0.3 is 15.1 Å². The van der Waals surface area contributed by atoms with Crippen LogP contribution in [0.2, 0.25) is 0 Å². The van der Waals surface area contributed by atoms with E-state index in [1.54, 1.807) is 30.3 Å². The number of nitrogens with zero attached hydrogens (tertiary/aromatic N) is 2. The average Bonchev–Trinajstić information content (AvgIpc) is 2.87. The second kappa shape index (κ2) is 11.4. The van der Waals surface area contributed by atoms with E-state index in [4.69, 9.17) is 0 Å². The zero-order chi connectivity index (χ0) is 24.0. The van der Waals surface area contributed by atoms with Crippen molar-refractivity contribution in [3.63, 3.8) is 0 Å². The average molecular weight is 474 g/mol. The molecule has 2 aromatic carbocycles. The summed E-state index contributed by atoms with van der Waals surface area (Å²) in [6, 6.07) is 12.7. The molecule has 0 unspecified atom stereocenters. The van der Waals surface area contributed by atoms with Gasteiger partial charge in [0.1, 0.15) is 0 Å². The summed E-state index contributed by atoms with van der Waals surface area (Å²) in [4.78, 5) is 17.6. The lowest BCUT2D eigenvalue weighted by Crippen LogP contribution is -2.47. The van der Waals surface area contributed by atoms with Gasteiger partial charge >= 0.3 is 6.18 Å². The Bertz CT molecular complexity index is 931. The summed E-state index contributed by atoms with van der Waals surface area (Å²) in [5.74, 6) is -0.153. The molecule has 0 spiro atoms. The molecule has 2 aromatic rings. The van der Waals surface area contributed by atoms with Crippen molar-refractivity contribution in [2.75, 3.05) is 39.3 Å². The van der Waals surface area contributed by atoms with E-state index in [1.807, 2.05) is 0 Å². The number of piperidine rings is 2. The molecule has 2 heterocycles. The zero-order valence-electron chi connectivity index (χ0n) is 19.6. The van der Waals surface area contributed by atoms with Crippen LogP contribution in [0.25, 0.3) is 11.1 Å². The number of carbonyl (C=O) groups excluding carboxylic acids is 1. The van der Waals surface area contributed by atoms with Gasteiger partial charge in [0.25, 0.3) is 5.91 Å². The number of hydrogen-bond acceptors (Lipinski definition) is 3. The maximum atomic E-state index is 13.0. The van der Waals surface area contributed by atoms with E-state index in [0.29, 0.717) is 23.2 Å². The summed E-state index contributed by atoms with van der Waals surface area (Å²) >= 11 is 0. The molecule has 7 heteroatoms. The number of hydrogen-bond donors (Lipinski definition) is 1. The van der Waals surface area contributed by atoms with Crippen LogP contribution in [0.5, 0.6) is 0 Å². The molecule has 184 valence electrons. The number of rotatable bonds is 7. The van der Waals surface area contributed by atoms with Gasteiger partial charge in [-0.1, -0.05) is 30.7 Å². The number of nitrogens with one attached hydrogen (secondary N) is 1. The van der Waals surface area contributed by atoms with Crippen LogP contribution in [0.1, 0.15) is 54.4 Å². The maximum absolute atomic E-state index is 13.0. The Kier molecular flexibility index (Phi) is 8.27. The number of alkyl halides is 3. The molecule has 2 fully saturated rings. The Morgan fingerprint density at radius 3 is 2.29 bits per heavy atom. The van der Waals surface area contributed by atoms with E-state index in [-0.39, 0.29) is 5.91 Å². The minimum absolute atomic E-state index is 0.153. The molecular formula is C27H34F3N3O. The van der Waals surface area contributed by atoms with E-state index in [0.717, 1.165) is 44.2 Å². The third-order valence-electron chi connectivity index (χ3n) is 7.07. The van der Waals surface area contributed by atoms with Crippen molar-refractivity contribution >= 4 is 5.91 Å². The summed E-state index contributed by atoms with van der Waals surface area (Å²) in [5, 5.41) is 2.96. The summed E-state index contributed by atoms with van der Waals surface area (Å²) in [6.45, 7) is 6.38. The van der Waals surface area contributed by atoms with E-state index in [1.165, 1.54) is 51.3 Å². The minimum Gasteiger partial charge on any atom is -0.352 e. The van der Waals surface area contributed by atoms with E-state index >= 15 is 0 Å². The van der Waals surface area contributed by atoms with E-state index in [2.05, 4.69) is 15.1 Å². The highest BCUT2D eigenvalue weighted by Crippen LogP contribution is 2.32. The number of halogens is 3. The molecule has 0 radical (unpaired) electrons. The molecule has 0 bridgehead atoms. The monoisotopic (exact) mass is 473 g/mol. The summed E-state index contributed by atoms with van der Waals surface area (Å²) in [6.07, 6.45) is 3.07. The first-order valence-electron chi connectivity index (χ1n) is 12.4. The summed E-state index contributed by atoms with van der Waals surface area (Å²) < 4.78 is 38.9. The van der Waals surface area contributed by atoms with Crippen LogP contribution in [-0.2, 0) is 6.18 Å². The van der Waals surface area contributed by atoms with Crippen LogP contribution >= 0.6 is 0 Å². The number of benzene rings is 2. The predicted octanol–water partition coefficient (Wildman–Crippen LogP) is 5.44. The van der Waals surface area contributed by atoms with E-state index in [9.17, 15) is 18.0 Å². The fraction of sp³-hybridized carbons (Fsp3) is 0.519. The molecule has 2 aliphatic rings. The molecule has 2 aliphatic heterocycles. The van der Waals surface area contributed by atoms with Gasteiger partial charge in [-0.05, 0) is 100 Å². The number of carbonyl (C=O) groups is 1. The lowest BCUT2D eigenvalue weighted by Gasteiger charge is -2.40. The van der Waals surface area contributed by atoms with Crippen LogP contribution in [0.4, 0.5) is 13.2 Å². The Balaban J connectivity index is 1.18. The zero-order valence-corrected chi connectivity index (χ0v) is 19.6. The van der Waals surface area contributed by atoms with Crippen LogP contribution < -0.4 is 5.32 Å². The van der Waals surface area contributed by atoms with Gasteiger partial charge in [0.15, 0.2) is 0 Å². The molecular weight excluding hydrogens is 439 g/mol. The minimum atomic E-state index is -4.38. The molecule has 0 aromatic heterocycles. The first-order valence-corrected chi connectivity index (χ1v) is 12.4. The topological polar surface area (TPSA) is 35.6 Å². The van der Waals surface area contributed by atoms with E-state index < -0.39 is 11.7 Å². The van der Waals surface area contributed by atoms with Crippen molar-refractivity contribution < 1.29 is 18.0 Å². The first-order chi connectivity index (χ1) is 16.4. The Hall–Kier alpha value is -2.38. The van der Waals surface area contributed by atoms with Gasteiger partial charge in [-0.3, -0.25) is 4.79 Å². The summed E-state index contributed by atoms with van der Waals surface area (Å²) in [7, 11) is 0. The van der Waals surface area contributed by atoms with Gasteiger partial charge in [-0.2, -0.15) is 13.2 Å². The van der Waals surface area contributed by atoms with Crippen molar-refractivity contribution in [2.45, 2.75) is 50.7 Å². The molecule has 34 heavy (non-hydrogen) atoms. The van der Waals surface area contributed by atoms with Gasteiger partial charge in [-0.25, -0.2) is 0 Å². The smallest absolute Gasteiger partial charge is 0.352 e. The normalized spacial score (nSPS) is 18.7. The lowest BCUT2D eigenvalue weighted by atomic mass is 10.00. The molecule has 1 amide bonds. The van der Waals surface area contributed by atoms with Crippen molar-refractivity contribution in [2.24, 2.45) is 0 Å². The fourth-order valence-electron chi connectivity index (χ4n) is 5.09. The second-order valence-corrected chi connectivity index (χ2v) is 9.43. The van der Waals surface area contributed by atoms with Crippen molar-refractivity contribution in [3.8, 4) is 11.1 Å². The largest absolute Gasteiger partial charge is 0.416 e. The lowest BCUT2D eigenvalue weighted by molar-refractivity contribution is -0.137. The highest BCUT2D eigenvalue weighted by atomic mass is 19.4. The van der Waals surface area contributed by atoms with Crippen LogP contribution in [0, 0.1) is 0 Å². The molecule has 0 atom stereocenters. The standard InChI is InChI=1S/C27H34F3N3O/c28-27(29,30)24-7-4-6-23(20-24)21-8-10-22(11-9-21)26(34)31-14-5-15-32-18-12-25(13-19-32)33-16-2-1-3-17-33/h4,6-11,20,25H,1-3,5,12-19H2,(H,31,34). The Morgan fingerprint density at radius 2 is 1.62 bits per heavy atom. The second-order valence-electron chi connectivity index (χ2n) is 9.43. The first kappa shape index (κ1) is 24.7. The van der Waals surface area contributed by atoms with Crippen LogP contribution in [-0.4, -0.2) is 61.0 Å².